The maximum Gasteiger partial charge on any atom is 0.391 e. The highest BCUT2D eigenvalue weighted by molar-refractivity contribution is 7.94. The Balaban J connectivity index is 1.89. The van der Waals surface area contributed by atoms with E-state index in [1.165, 1.54) is 6.08 Å². The minimum atomic E-state index is -4.14. The van der Waals surface area contributed by atoms with Gasteiger partial charge in [0.1, 0.15) is 0 Å². The van der Waals surface area contributed by atoms with Crippen molar-refractivity contribution in [3.8, 4) is 0 Å². The van der Waals surface area contributed by atoms with Crippen LogP contribution in [-0.4, -0.2) is 32.4 Å². The number of hydrogen-bond acceptors (Lipinski definition) is 3. The summed E-state index contributed by atoms with van der Waals surface area (Å²) in [6.07, 6.45) is -1.18. The van der Waals surface area contributed by atoms with Gasteiger partial charge in [-0.25, -0.2) is 8.42 Å². The van der Waals surface area contributed by atoms with Gasteiger partial charge in [-0.3, -0.25) is 0 Å². The minimum Gasteiger partial charge on any atom is -0.307 e. The van der Waals surface area contributed by atoms with Crippen LogP contribution in [0.3, 0.4) is 0 Å². The Morgan fingerprint density at radius 1 is 1.22 bits per heavy atom. The first-order valence-electron chi connectivity index (χ1n) is 6.00. The van der Waals surface area contributed by atoms with Crippen LogP contribution in [0.25, 0.3) is 0 Å². The summed E-state index contributed by atoms with van der Waals surface area (Å²) in [5.74, 6) is -1.30. The molecule has 0 radical (unpaired) electrons. The Hall–Kier alpha value is -0.560. The molecule has 0 saturated heterocycles. The summed E-state index contributed by atoms with van der Waals surface area (Å²) in [5.41, 5.74) is 0. The van der Waals surface area contributed by atoms with Crippen molar-refractivity contribution in [3.05, 3.63) is 11.5 Å². The predicted molar refractivity (Wildman–Crippen MR) is 61.7 cm³/mol. The highest BCUT2D eigenvalue weighted by Crippen LogP contribution is 2.37. The predicted octanol–water partition coefficient (Wildman–Crippen LogP) is 2.01. The molecule has 18 heavy (non-hydrogen) atoms. The Bertz CT molecular complexity index is 430. The van der Waals surface area contributed by atoms with Gasteiger partial charge in [0.05, 0.1) is 11.7 Å². The molecule has 104 valence electrons. The van der Waals surface area contributed by atoms with Gasteiger partial charge >= 0.3 is 6.18 Å². The van der Waals surface area contributed by atoms with Gasteiger partial charge in [0.15, 0.2) is 9.84 Å². The van der Waals surface area contributed by atoms with E-state index in [1.807, 2.05) is 0 Å². The molecule has 2 rings (SSSR count). The van der Waals surface area contributed by atoms with Crippen molar-refractivity contribution < 1.29 is 21.6 Å². The zero-order valence-electron chi connectivity index (χ0n) is 9.78. The molecule has 1 aliphatic heterocycles. The van der Waals surface area contributed by atoms with E-state index in [4.69, 9.17) is 0 Å². The van der Waals surface area contributed by atoms with Crippen LogP contribution in [0.5, 0.6) is 0 Å². The van der Waals surface area contributed by atoms with Crippen LogP contribution >= 0.6 is 0 Å². The second-order valence-corrected chi connectivity index (χ2v) is 6.96. The highest BCUT2D eigenvalue weighted by Gasteiger charge is 2.42. The second-order valence-electron chi connectivity index (χ2n) is 5.03. The Labute approximate surface area is 104 Å². The zero-order valence-corrected chi connectivity index (χ0v) is 10.6. The van der Waals surface area contributed by atoms with E-state index in [9.17, 15) is 21.6 Å². The molecule has 1 aliphatic carbocycles. The molecule has 3 unspecified atom stereocenters. The van der Waals surface area contributed by atoms with E-state index in [1.54, 1.807) is 0 Å². The van der Waals surface area contributed by atoms with E-state index in [2.05, 4.69) is 5.32 Å². The Morgan fingerprint density at radius 2 is 1.94 bits per heavy atom. The quantitative estimate of drug-likeness (QED) is 0.843. The van der Waals surface area contributed by atoms with Gasteiger partial charge in [-0.2, -0.15) is 13.2 Å². The molecule has 1 heterocycles. The standard InChI is InChI=1S/C11H16F3NO2S/c12-11(13,14)8-2-1-3-9(6-8)15-10-4-5-18(16,17)7-10/h4-5,8-10,15H,1-3,6-7H2. The van der Waals surface area contributed by atoms with Gasteiger partial charge in [-0.15, -0.1) is 0 Å². The maximum atomic E-state index is 12.6. The fraction of sp³-hybridized carbons (Fsp3) is 0.818. The molecule has 7 heteroatoms. The average molecular weight is 283 g/mol. The van der Waals surface area contributed by atoms with E-state index >= 15 is 0 Å². The summed E-state index contributed by atoms with van der Waals surface area (Å²) >= 11 is 0. The number of alkyl halides is 3. The molecule has 0 aromatic heterocycles. The van der Waals surface area contributed by atoms with Crippen LogP contribution in [0, 0.1) is 5.92 Å². The normalized spacial score (nSPS) is 35.8. The third-order valence-electron chi connectivity index (χ3n) is 3.52. The molecule has 2 aliphatic rings. The summed E-state index contributed by atoms with van der Waals surface area (Å²) in [7, 11) is -3.15. The van der Waals surface area contributed by atoms with Gasteiger partial charge in [-0.05, 0) is 19.3 Å². The van der Waals surface area contributed by atoms with Gasteiger partial charge in [0, 0.05) is 17.5 Å². The van der Waals surface area contributed by atoms with Crippen LogP contribution in [0.2, 0.25) is 0 Å². The molecule has 3 atom stereocenters. The van der Waals surface area contributed by atoms with E-state index in [0.717, 1.165) is 5.41 Å². The third kappa shape index (κ3) is 3.47. The Morgan fingerprint density at radius 3 is 2.50 bits per heavy atom. The summed E-state index contributed by atoms with van der Waals surface area (Å²) in [4.78, 5) is 0. The van der Waals surface area contributed by atoms with Crippen molar-refractivity contribution in [2.75, 3.05) is 5.75 Å². The summed E-state index contributed by atoms with van der Waals surface area (Å²) in [5, 5.41) is 4.14. The minimum absolute atomic E-state index is 0.0415. The molecule has 1 saturated carbocycles. The van der Waals surface area contributed by atoms with Crippen molar-refractivity contribution in [2.24, 2.45) is 5.92 Å². The van der Waals surface area contributed by atoms with E-state index in [0.29, 0.717) is 12.8 Å². The van der Waals surface area contributed by atoms with Crippen LogP contribution in [-0.2, 0) is 9.84 Å². The van der Waals surface area contributed by atoms with Gasteiger partial charge < -0.3 is 5.32 Å². The maximum absolute atomic E-state index is 12.6. The molecule has 1 N–H and O–H groups in total. The van der Waals surface area contributed by atoms with E-state index in [-0.39, 0.29) is 30.7 Å². The molecule has 0 aromatic rings. The molecule has 0 spiro atoms. The summed E-state index contributed by atoms with van der Waals surface area (Å²) in [6.45, 7) is 0. The van der Waals surface area contributed by atoms with E-state index < -0.39 is 21.9 Å². The molecule has 0 amide bonds. The molecular weight excluding hydrogens is 267 g/mol. The van der Waals surface area contributed by atoms with Gasteiger partial charge in [0.25, 0.3) is 0 Å². The average Bonchev–Trinajstić information content (AvgIpc) is 2.57. The van der Waals surface area contributed by atoms with Gasteiger partial charge in [0.2, 0.25) is 0 Å². The molecule has 0 bridgehead atoms. The largest absolute Gasteiger partial charge is 0.391 e. The number of rotatable bonds is 2. The fourth-order valence-electron chi connectivity index (χ4n) is 2.62. The lowest BCUT2D eigenvalue weighted by Gasteiger charge is -2.32. The fourth-order valence-corrected chi connectivity index (χ4v) is 3.87. The first-order chi connectivity index (χ1) is 8.26. The van der Waals surface area contributed by atoms with Crippen molar-refractivity contribution in [1.82, 2.24) is 5.32 Å². The van der Waals surface area contributed by atoms with Crippen molar-refractivity contribution >= 4 is 9.84 Å². The Kier molecular flexibility index (Phi) is 3.73. The number of hydrogen-bond donors (Lipinski definition) is 1. The first-order valence-corrected chi connectivity index (χ1v) is 7.71. The summed E-state index contributed by atoms with van der Waals surface area (Å²) < 4.78 is 60.2. The van der Waals surface area contributed by atoms with Crippen LogP contribution in [0.4, 0.5) is 13.2 Å². The molecule has 3 nitrogen and oxygen atoms in total. The number of nitrogens with one attached hydrogen (secondary N) is 1. The smallest absolute Gasteiger partial charge is 0.307 e. The lowest BCUT2D eigenvalue weighted by molar-refractivity contribution is -0.183. The summed E-state index contributed by atoms with van der Waals surface area (Å²) in [6, 6.07) is -0.583. The van der Waals surface area contributed by atoms with Crippen LogP contribution in [0.15, 0.2) is 11.5 Å². The molecule has 1 fully saturated rings. The van der Waals surface area contributed by atoms with Crippen molar-refractivity contribution in [1.29, 1.82) is 0 Å². The van der Waals surface area contributed by atoms with Crippen molar-refractivity contribution in [3.63, 3.8) is 0 Å². The third-order valence-corrected chi connectivity index (χ3v) is 4.91. The first kappa shape index (κ1) is 13.9. The number of halogens is 3. The molecule has 0 aromatic carbocycles. The van der Waals surface area contributed by atoms with Crippen molar-refractivity contribution in [2.45, 2.75) is 43.9 Å². The lowest BCUT2D eigenvalue weighted by Crippen LogP contribution is -2.43. The topological polar surface area (TPSA) is 46.2 Å². The second kappa shape index (κ2) is 4.85. The number of sulfone groups is 1. The monoisotopic (exact) mass is 283 g/mol. The van der Waals surface area contributed by atoms with Gasteiger partial charge in [-0.1, -0.05) is 12.5 Å². The SMILES string of the molecule is O=S1(=O)C=CC(NC2CCCC(C(F)(F)F)C2)C1. The molecular formula is C11H16F3NO2S. The highest BCUT2D eigenvalue weighted by atomic mass is 32.2. The van der Waals surface area contributed by atoms with Crippen LogP contribution < -0.4 is 5.32 Å². The zero-order chi connectivity index (χ0) is 13.4. The van der Waals surface area contributed by atoms with Crippen LogP contribution in [0.1, 0.15) is 25.7 Å². The lowest BCUT2D eigenvalue weighted by atomic mass is 9.85.